The highest BCUT2D eigenvalue weighted by molar-refractivity contribution is 6.30. The first-order valence-electron chi connectivity index (χ1n) is 5.60. The molecule has 0 aliphatic carbocycles. The van der Waals surface area contributed by atoms with Crippen molar-refractivity contribution in [1.29, 1.82) is 5.26 Å². The van der Waals surface area contributed by atoms with Crippen molar-refractivity contribution < 1.29 is 9.90 Å². The summed E-state index contributed by atoms with van der Waals surface area (Å²) in [4.78, 5) is 12.6. The lowest BCUT2D eigenvalue weighted by Gasteiger charge is -2.25. The van der Waals surface area contributed by atoms with Crippen molar-refractivity contribution in [2.75, 3.05) is 18.0 Å². The minimum Gasteiger partial charge on any atom is -0.480 e. The first kappa shape index (κ1) is 14.3. The number of aliphatic carboxylic acids is 1. The Morgan fingerprint density at radius 1 is 1.56 bits per heavy atom. The smallest absolute Gasteiger partial charge is 0.323 e. The largest absolute Gasteiger partial charge is 0.480 e. The van der Waals surface area contributed by atoms with Crippen molar-refractivity contribution in [1.82, 2.24) is 0 Å². The molecule has 1 aromatic rings. The number of halogens is 1. The van der Waals surface area contributed by atoms with Crippen LogP contribution in [-0.4, -0.2) is 24.2 Å². The summed E-state index contributed by atoms with van der Waals surface area (Å²) in [6.45, 7) is 4.39. The van der Waals surface area contributed by atoms with E-state index < -0.39 is 5.97 Å². The van der Waals surface area contributed by atoms with E-state index in [1.807, 2.05) is 13.8 Å². The Kier molecular flexibility index (Phi) is 4.99. The second kappa shape index (κ2) is 6.27. The summed E-state index contributed by atoms with van der Waals surface area (Å²) in [6.07, 6.45) is 0. The molecule has 18 heavy (non-hydrogen) atoms. The van der Waals surface area contributed by atoms with Gasteiger partial charge in [0.1, 0.15) is 12.6 Å². The van der Waals surface area contributed by atoms with Gasteiger partial charge in [0.2, 0.25) is 0 Å². The van der Waals surface area contributed by atoms with Crippen LogP contribution in [0, 0.1) is 17.2 Å². The van der Waals surface area contributed by atoms with Gasteiger partial charge in [0.05, 0.1) is 11.3 Å². The van der Waals surface area contributed by atoms with Gasteiger partial charge in [-0.2, -0.15) is 5.26 Å². The molecule has 0 atom stereocenters. The summed E-state index contributed by atoms with van der Waals surface area (Å²) in [5.41, 5.74) is 1.00. The molecule has 1 rings (SSSR count). The summed E-state index contributed by atoms with van der Waals surface area (Å²) >= 11 is 5.91. The van der Waals surface area contributed by atoms with Crippen LogP contribution >= 0.6 is 11.6 Å². The van der Waals surface area contributed by atoms with E-state index in [4.69, 9.17) is 22.0 Å². The van der Waals surface area contributed by atoms with Gasteiger partial charge in [0.15, 0.2) is 0 Å². The van der Waals surface area contributed by atoms with E-state index >= 15 is 0 Å². The van der Waals surface area contributed by atoms with E-state index in [1.54, 1.807) is 23.1 Å². The SMILES string of the molecule is CC(C)CN(CC(=O)O)c1cc(Cl)ccc1C#N. The Morgan fingerprint density at radius 3 is 2.72 bits per heavy atom. The van der Waals surface area contributed by atoms with E-state index in [1.165, 1.54) is 0 Å². The molecule has 0 bridgehead atoms. The molecule has 0 unspecified atom stereocenters. The third-order valence-electron chi connectivity index (χ3n) is 2.33. The van der Waals surface area contributed by atoms with E-state index in [9.17, 15) is 4.79 Å². The van der Waals surface area contributed by atoms with Gasteiger partial charge in [-0.15, -0.1) is 0 Å². The number of carboxylic acid groups (broad SMARTS) is 1. The van der Waals surface area contributed by atoms with Crippen LogP contribution in [0.25, 0.3) is 0 Å². The van der Waals surface area contributed by atoms with E-state index in [0.717, 1.165) is 0 Å². The number of benzene rings is 1. The minimum atomic E-state index is -0.931. The Balaban J connectivity index is 3.14. The molecule has 0 spiro atoms. The lowest BCUT2D eigenvalue weighted by atomic mass is 10.1. The van der Waals surface area contributed by atoms with Gasteiger partial charge in [-0.25, -0.2) is 0 Å². The molecule has 1 N–H and O–H groups in total. The van der Waals surface area contributed by atoms with E-state index in [-0.39, 0.29) is 12.5 Å². The van der Waals surface area contributed by atoms with Crippen LogP contribution in [0.4, 0.5) is 5.69 Å². The molecule has 0 heterocycles. The van der Waals surface area contributed by atoms with E-state index in [0.29, 0.717) is 22.8 Å². The lowest BCUT2D eigenvalue weighted by molar-refractivity contribution is -0.135. The highest BCUT2D eigenvalue weighted by Gasteiger charge is 2.16. The molecule has 0 aliphatic heterocycles. The molecule has 0 saturated carbocycles. The third-order valence-corrected chi connectivity index (χ3v) is 2.57. The van der Waals surface area contributed by atoms with Crippen LogP contribution < -0.4 is 4.90 Å². The number of anilines is 1. The van der Waals surface area contributed by atoms with Crippen molar-refractivity contribution in [2.45, 2.75) is 13.8 Å². The zero-order valence-electron chi connectivity index (χ0n) is 10.4. The van der Waals surface area contributed by atoms with Crippen molar-refractivity contribution in [3.05, 3.63) is 28.8 Å². The molecular weight excluding hydrogens is 252 g/mol. The number of carbonyl (C=O) groups is 1. The lowest BCUT2D eigenvalue weighted by Crippen LogP contribution is -2.33. The number of nitrogens with zero attached hydrogens (tertiary/aromatic N) is 2. The van der Waals surface area contributed by atoms with Gasteiger partial charge in [-0.1, -0.05) is 25.4 Å². The first-order chi connectivity index (χ1) is 8.43. The number of rotatable bonds is 5. The normalized spacial score (nSPS) is 10.2. The molecule has 0 amide bonds. The average Bonchev–Trinajstić information content (AvgIpc) is 2.26. The fraction of sp³-hybridized carbons (Fsp3) is 0.385. The second-order valence-corrected chi connectivity index (χ2v) is 4.88. The predicted octanol–water partition coefficient (Wildman–Crippen LogP) is 2.76. The van der Waals surface area contributed by atoms with Gasteiger partial charge in [0.25, 0.3) is 0 Å². The van der Waals surface area contributed by atoms with Crippen LogP contribution in [-0.2, 0) is 4.79 Å². The van der Waals surface area contributed by atoms with E-state index in [2.05, 4.69) is 6.07 Å². The van der Waals surface area contributed by atoms with Crippen molar-refractivity contribution in [3.8, 4) is 6.07 Å². The van der Waals surface area contributed by atoms with Crippen molar-refractivity contribution >= 4 is 23.3 Å². The number of carboxylic acids is 1. The summed E-state index contributed by atoms with van der Waals surface area (Å²) < 4.78 is 0. The number of hydrogen-bond acceptors (Lipinski definition) is 3. The molecule has 4 nitrogen and oxygen atoms in total. The minimum absolute atomic E-state index is 0.146. The Morgan fingerprint density at radius 2 is 2.22 bits per heavy atom. The molecule has 0 aromatic heterocycles. The van der Waals surface area contributed by atoms with Crippen molar-refractivity contribution in [2.24, 2.45) is 5.92 Å². The van der Waals surface area contributed by atoms with Gasteiger partial charge in [0, 0.05) is 11.6 Å². The quantitative estimate of drug-likeness (QED) is 0.890. The summed E-state index contributed by atoms with van der Waals surface area (Å²) in [7, 11) is 0. The third kappa shape index (κ3) is 3.94. The standard InChI is InChI=1S/C13H15ClN2O2/c1-9(2)7-16(8-13(17)18)12-5-11(14)4-3-10(12)6-15/h3-5,9H,7-8H2,1-2H3,(H,17,18). The maximum atomic E-state index is 10.9. The number of hydrogen-bond donors (Lipinski definition) is 1. The zero-order chi connectivity index (χ0) is 13.7. The highest BCUT2D eigenvalue weighted by Crippen LogP contribution is 2.25. The first-order valence-corrected chi connectivity index (χ1v) is 5.98. The maximum absolute atomic E-state index is 10.9. The highest BCUT2D eigenvalue weighted by atomic mass is 35.5. The molecule has 0 aliphatic rings. The molecule has 1 aromatic carbocycles. The van der Waals surface area contributed by atoms with Gasteiger partial charge in [-0.3, -0.25) is 4.79 Å². The Hall–Kier alpha value is -1.73. The summed E-state index contributed by atoms with van der Waals surface area (Å²) in [6, 6.07) is 6.91. The number of nitriles is 1. The monoisotopic (exact) mass is 266 g/mol. The average molecular weight is 267 g/mol. The fourth-order valence-electron chi connectivity index (χ4n) is 1.71. The fourth-order valence-corrected chi connectivity index (χ4v) is 1.88. The van der Waals surface area contributed by atoms with Gasteiger partial charge in [-0.05, 0) is 24.1 Å². The second-order valence-electron chi connectivity index (χ2n) is 4.44. The molecule has 96 valence electrons. The summed E-state index contributed by atoms with van der Waals surface area (Å²) in [5.74, 6) is -0.644. The van der Waals surface area contributed by atoms with Crippen LogP contribution in [0.15, 0.2) is 18.2 Å². The zero-order valence-corrected chi connectivity index (χ0v) is 11.1. The Labute approximate surface area is 111 Å². The molecular formula is C13H15ClN2O2. The van der Waals surface area contributed by atoms with Crippen LogP contribution in [0.5, 0.6) is 0 Å². The van der Waals surface area contributed by atoms with Crippen molar-refractivity contribution in [3.63, 3.8) is 0 Å². The van der Waals surface area contributed by atoms with Crippen LogP contribution in [0.2, 0.25) is 5.02 Å². The van der Waals surface area contributed by atoms with Gasteiger partial charge >= 0.3 is 5.97 Å². The molecule has 0 fully saturated rings. The molecule has 5 heteroatoms. The Bertz CT molecular complexity index is 480. The maximum Gasteiger partial charge on any atom is 0.323 e. The van der Waals surface area contributed by atoms with Crippen LogP contribution in [0.3, 0.4) is 0 Å². The summed E-state index contributed by atoms with van der Waals surface area (Å²) in [5, 5.41) is 18.5. The molecule has 0 radical (unpaired) electrons. The topological polar surface area (TPSA) is 64.3 Å². The van der Waals surface area contributed by atoms with Crippen LogP contribution in [0.1, 0.15) is 19.4 Å². The molecule has 0 saturated heterocycles. The van der Waals surface area contributed by atoms with Gasteiger partial charge < -0.3 is 10.0 Å². The predicted molar refractivity (Wildman–Crippen MR) is 70.9 cm³/mol.